The van der Waals surface area contributed by atoms with Gasteiger partial charge < -0.3 is 4.55 Å². The first-order chi connectivity index (χ1) is 5.00. The Labute approximate surface area is 82.9 Å². The molecule has 12 heavy (non-hydrogen) atoms. The van der Waals surface area contributed by atoms with Crippen LogP contribution < -0.4 is 0 Å². The van der Waals surface area contributed by atoms with E-state index in [2.05, 4.69) is 11.2 Å². The summed E-state index contributed by atoms with van der Waals surface area (Å²) in [5.74, 6) is 0. The molecule has 1 rings (SSSR count). The SMILES string of the molecule is Cc1ccc(S(=O)(O)=S)cc1.Cl. The summed E-state index contributed by atoms with van der Waals surface area (Å²) in [6.45, 7) is 1.91. The fourth-order valence-corrected chi connectivity index (χ4v) is 1.52. The van der Waals surface area contributed by atoms with Crippen LogP contribution in [0.5, 0.6) is 0 Å². The topological polar surface area (TPSA) is 37.3 Å². The van der Waals surface area contributed by atoms with E-state index in [1.165, 1.54) is 0 Å². The minimum Gasteiger partial charge on any atom is -0.302 e. The van der Waals surface area contributed by atoms with Crippen LogP contribution in [-0.2, 0) is 20.0 Å². The molecule has 68 valence electrons. The summed E-state index contributed by atoms with van der Waals surface area (Å²) in [5, 5.41) is 0. The number of hydrogen-bond donors (Lipinski definition) is 1. The fourth-order valence-electron chi connectivity index (χ4n) is 0.710. The Kier molecular flexibility index (Phi) is 4.13. The van der Waals surface area contributed by atoms with E-state index < -0.39 is 8.77 Å². The van der Waals surface area contributed by atoms with Crippen molar-refractivity contribution in [2.45, 2.75) is 11.8 Å². The number of aryl methyl sites for hydroxylation is 1. The van der Waals surface area contributed by atoms with Crippen LogP contribution in [-0.4, -0.2) is 8.76 Å². The van der Waals surface area contributed by atoms with E-state index in [4.69, 9.17) is 4.55 Å². The highest BCUT2D eigenvalue weighted by atomic mass is 35.5. The van der Waals surface area contributed by atoms with Gasteiger partial charge in [0.1, 0.15) is 0 Å². The van der Waals surface area contributed by atoms with Gasteiger partial charge in [-0.1, -0.05) is 17.7 Å². The lowest BCUT2D eigenvalue weighted by molar-refractivity contribution is 0.561. The predicted molar refractivity (Wildman–Crippen MR) is 54.8 cm³/mol. The molecular weight excluding hydrogens is 216 g/mol. The average Bonchev–Trinajstić information content (AvgIpc) is 1.86. The van der Waals surface area contributed by atoms with Gasteiger partial charge in [0.2, 0.25) is 0 Å². The van der Waals surface area contributed by atoms with Crippen molar-refractivity contribution in [2.24, 2.45) is 0 Å². The summed E-state index contributed by atoms with van der Waals surface area (Å²) in [6, 6.07) is 6.67. The molecule has 0 aliphatic heterocycles. The largest absolute Gasteiger partial charge is 0.302 e. The van der Waals surface area contributed by atoms with Crippen LogP contribution in [0.3, 0.4) is 0 Å². The van der Waals surface area contributed by atoms with Gasteiger partial charge in [-0.3, -0.25) is 0 Å². The highest BCUT2D eigenvalue weighted by molar-refractivity contribution is 8.29. The molecule has 0 aliphatic carbocycles. The minimum absolute atomic E-state index is 0. The molecule has 0 fully saturated rings. The summed E-state index contributed by atoms with van der Waals surface area (Å²) in [7, 11) is -3.19. The number of rotatable bonds is 1. The van der Waals surface area contributed by atoms with E-state index in [9.17, 15) is 4.21 Å². The van der Waals surface area contributed by atoms with Crippen LogP contribution in [0.4, 0.5) is 0 Å². The van der Waals surface area contributed by atoms with Crippen LogP contribution >= 0.6 is 12.4 Å². The van der Waals surface area contributed by atoms with Crippen LogP contribution in [0.15, 0.2) is 29.2 Å². The zero-order valence-electron chi connectivity index (χ0n) is 6.39. The average molecular weight is 225 g/mol. The van der Waals surface area contributed by atoms with Gasteiger partial charge in [-0.05, 0) is 19.1 Å². The van der Waals surface area contributed by atoms with Gasteiger partial charge in [0.25, 0.3) is 0 Å². The third-order valence-corrected chi connectivity index (χ3v) is 2.76. The number of hydrogen-bond acceptors (Lipinski definition) is 2. The Hall–Kier alpha value is -0.160. The van der Waals surface area contributed by atoms with Crippen molar-refractivity contribution in [1.29, 1.82) is 0 Å². The quantitative estimate of drug-likeness (QED) is 0.793. The van der Waals surface area contributed by atoms with Gasteiger partial charge in [-0.15, -0.1) is 12.4 Å². The number of halogens is 1. The van der Waals surface area contributed by atoms with Gasteiger partial charge in [-0.2, -0.15) is 0 Å². The van der Waals surface area contributed by atoms with E-state index >= 15 is 0 Å². The first kappa shape index (κ1) is 11.8. The molecule has 1 unspecified atom stereocenters. The fraction of sp³-hybridized carbons (Fsp3) is 0.143. The Balaban J connectivity index is 0.00000121. The molecule has 1 aromatic rings. The summed E-state index contributed by atoms with van der Waals surface area (Å²) < 4.78 is 19.8. The normalized spacial score (nSPS) is 14.5. The summed E-state index contributed by atoms with van der Waals surface area (Å²) in [4.78, 5) is 0.304. The van der Waals surface area contributed by atoms with Crippen molar-refractivity contribution >= 4 is 32.4 Å². The Morgan fingerprint density at radius 1 is 1.33 bits per heavy atom. The van der Waals surface area contributed by atoms with Gasteiger partial charge >= 0.3 is 0 Å². The highest BCUT2D eigenvalue weighted by Crippen LogP contribution is 2.09. The summed E-state index contributed by atoms with van der Waals surface area (Å²) in [6.07, 6.45) is 0. The molecule has 2 nitrogen and oxygen atoms in total. The van der Waals surface area contributed by atoms with Crippen molar-refractivity contribution < 1.29 is 8.76 Å². The summed E-state index contributed by atoms with van der Waals surface area (Å²) >= 11 is 4.38. The smallest absolute Gasteiger partial charge is 0.171 e. The second-order valence-electron chi connectivity index (χ2n) is 2.29. The monoisotopic (exact) mass is 224 g/mol. The van der Waals surface area contributed by atoms with E-state index in [-0.39, 0.29) is 12.4 Å². The summed E-state index contributed by atoms with van der Waals surface area (Å²) in [5.41, 5.74) is 1.05. The molecule has 1 atom stereocenters. The maximum absolute atomic E-state index is 10.9. The van der Waals surface area contributed by atoms with Gasteiger partial charge in [0.15, 0.2) is 8.77 Å². The molecule has 0 spiro atoms. The van der Waals surface area contributed by atoms with Crippen LogP contribution in [0.25, 0.3) is 0 Å². The van der Waals surface area contributed by atoms with Crippen molar-refractivity contribution in [3.63, 3.8) is 0 Å². The molecule has 1 N–H and O–H groups in total. The lowest BCUT2D eigenvalue weighted by Gasteiger charge is -1.98. The van der Waals surface area contributed by atoms with Gasteiger partial charge in [0.05, 0.1) is 4.90 Å². The van der Waals surface area contributed by atoms with Crippen molar-refractivity contribution in [2.75, 3.05) is 0 Å². The van der Waals surface area contributed by atoms with E-state index in [0.29, 0.717) is 4.90 Å². The molecular formula is C7H9ClO2S2. The second kappa shape index (κ2) is 4.18. The molecule has 0 amide bonds. The molecule has 1 aromatic carbocycles. The number of benzene rings is 1. The Morgan fingerprint density at radius 3 is 2.08 bits per heavy atom. The Morgan fingerprint density at radius 2 is 1.75 bits per heavy atom. The first-order valence-electron chi connectivity index (χ1n) is 3.04. The molecule has 0 aromatic heterocycles. The van der Waals surface area contributed by atoms with Crippen molar-refractivity contribution in [3.05, 3.63) is 29.8 Å². The van der Waals surface area contributed by atoms with Gasteiger partial charge in [0, 0.05) is 11.2 Å². The minimum atomic E-state index is -3.19. The Bertz CT molecular complexity index is 342. The predicted octanol–water partition coefficient (Wildman–Crippen LogP) is 2.00. The standard InChI is InChI=1S/C7H8O2S2.ClH/c1-6-2-4-7(5-3-6)11(8,9)10;/h2-5H,1H3,(H,8,9,10);1H. The first-order valence-corrected chi connectivity index (χ1v) is 5.48. The zero-order chi connectivity index (χ0) is 8.48. The lowest BCUT2D eigenvalue weighted by atomic mass is 10.2. The van der Waals surface area contributed by atoms with Crippen molar-refractivity contribution in [1.82, 2.24) is 0 Å². The highest BCUT2D eigenvalue weighted by Gasteiger charge is 2.02. The van der Waals surface area contributed by atoms with E-state index in [0.717, 1.165) is 5.56 Å². The molecule has 5 heteroatoms. The molecule has 0 bridgehead atoms. The molecule has 0 heterocycles. The zero-order valence-corrected chi connectivity index (χ0v) is 8.84. The third kappa shape index (κ3) is 3.06. The van der Waals surface area contributed by atoms with Gasteiger partial charge in [-0.25, -0.2) is 4.21 Å². The molecule has 0 aliphatic rings. The second-order valence-corrected chi connectivity index (χ2v) is 5.07. The maximum atomic E-state index is 10.9. The lowest BCUT2D eigenvalue weighted by Crippen LogP contribution is -1.95. The van der Waals surface area contributed by atoms with Crippen LogP contribution in [0, 0.1) is 6.92 Å². The van der Waals surface area contributed by atoms with Crippen LogP contribution in [0.2, 0.25) is 0 Å². The molecule has 0 radical (unpaired) electrons. The molecule has 0 saturated heterocycles. The maximum Gasteiger partial charge on any atom is 0.171 e. The third-order valence-electron chi connectivity index (χ3n) is 1.32. The van der Waals surface area contributed by atoms with E-state index in [1.54, 1.807) is 24.3 Å². The molecule has 0 saturated carbocycles. The van der Waals surface area contributed by atoms with Crippen LogP contribution in [0.1, 0.15) is 5.56 Å². The van der Waals surface area contributed by atoms with E-state index in [1.807, 2.05) is 6.92 Å². The van der Waals surface area contributed by atoms with Crippen molar-refractivity contribution in [3.8, 4) is 0 Å².